The fraction of sp³-hybridized carbons (Fsp3) is 0.231. The number of hydrogen-bond acceptors (Lipinski definition) is 4. The van der Waals surface area contributed by atoms with Gasteiger partial charge in [-0.25, -0.2) is 0 Å². The molecule has 1 N–H and O–H groups in total. The third-order valence-corrected chi connectivity index (χ3v) is 4.69. The summed E-state index contributed by atoms with van der Waals surface area (Å²) in [7, 11) is 0. The van der Waals surface area contributed by atoms with Crippen molar-refractivity contribution in [3.05, 3.63) is 54.7 Å². The average molecular weight is 341 g/mol. The number of nitrogens with one attached hydrogen (secondary N) is 1. The van der Waals surface area contributed by atoms with Gasteiger partial charge >= 0.3 is 0 Å². The predicted molar refractivity (Wildman–Crippen MR) is 81.9 cm³/mol. The molecule has 1 aromatic carbocycles. The molecule has 1 atom stereocenters. The van der Waals surface area contributed by atoms with E-state index >= 15 is 0 Å². The van der Waals surface area contributed by atoms with Crippen molar-refractivity contribution in [1.82, 2.24) is 0 Å². The summed E-state index contributed by atoms with van der Waals surface area (Å²) >= 11 is 5.07. The van der Waals surface area contributed by atoms with E-state index in [0.29, 0.717) is 4.47 Å². The Balaban J connectivity index is 2.20. The summed E-state index contributed by atoms with van der Waals surface area (Å²) < 4.78 is 0.697. The van der Waals surface area contributed by atoms with Gasteiger partial charge in [0.05, 0.1) is 11.0 Å². The lowest BCUT2D eigenvalue weighted by Gasteiger charge is -2.16. The standard InChI is InChI=1S/C13H13BrN2O2S/c1-8-5-6-19-13(8)9(2)15-12-4-3-10(16(17)18)7-11(12)14/h3-7,9,15H,1-2H3. The molecule has 1 aromatic heterocycles. The molecule has 100 valence electrons. The summed E-state index contributed by atoms with van der Waals surface area (Å²) in [6.07, 6.45) is 0. The maximum atomic E-state index is 10.7. The second kappa shape index (κ2) is 5.71. The largest absolute Gasteiger partial charge is 0.377 e. The fourth-order valence-electron chi connectivity index (χ4n) is 1.86. The van der Waals surface area contributed by atoms with E-state index in [0.717, 1.165) is 5.69 Å². The quantitative estimate of drug-likeness (QED) is 0.636. The van der Waals surface area contributed by atoms with Crippen LogP contribution in [0.15, 0.2) is 34.1 Å². The highest BCUT2D eigenvalue weighted by molar-refractivity contribution is 9.10. The summed E-state index contributed by atoms with van der Waals surface area (Å²) in [4.78, 5) is 11.6. The minimum atomic E-state index is -0.401. The molecule has 0 aliphatic rings. The highest BCUT2D eigenvalue weighted by Crippen LogP contribution is 2.32. The minimum absolute atomic E-state index is 0.0809. The van der Waals surface area contributed by atoms with E-state index in [1.165, 1.54) is 22.6 Å². The molecule has 0 bridgehead atoms. The Kier molecular flexibility index (Phi) is 4.21. The number of nitro benzene ring substituents is 1. The lowest BCUT2D eigenvalue weighted by molar-refractivity contribution is -0.384. The average Bonchev–Trinajstić information content (AvgIpc) is 2.77. The van der Waals surface area contributed by atoms with Gasteiger partial charge in [0.1, 0.15) is 0 Å². The van der Waals surface area contributed by atoms with Gasteiger partial charge in [0, 0.05) is 27.2 Å². The van der Waals surface area contributed by atoms with Crippen LogP contribution in [0.1, 0.15) is 23.4 Å². The van der Waals surface area contributed by atoms with E-state index in [9.17, 15) is 10.1 Å². The molecular weight excluding hydrogens is 328 g/mol. The smallest absolute Gasteiger partial charge is 0.270 e. The fourth-order valence-corrected chi connectivity index (χ4v) is 3.28. The van der Waals surface area contributed by atoms with Crippen molar-refractivity contribution in [3.8, 4) is 0 Å². The topological polar surface area (TPSA) is 55.2 Å². The first-order valence-electron chi connectivity index (χ1n) is 5.73. The minimum Gasteiger partial charge on any atom is -0.377 e. The zero-order valence-corrected chi connectivity index (χ0v) is 12.9. The molecule has 0 aliphatic carbocycles. The van der Waals surface area contributed by atoms with Gasteiger partial charge in [0.2, 0.25) is 0 Å². The van der Waals surface area contributed by atoms with Gasteiger partial charge in [-0.3, -0.25) is 10.1 Å². The van der Waals surface area contributed by atoms with Crippen LogP contribution in [0.2, 0.25) is 0 Å². The molecule has 0 saturated heterocycles. The molecule has 2 rings (SSSR count). The number of nitrogens with zero attached hydrogens (tertiary/aromatic N) is 1. The van der Waals surface area contributed by atoms with Crippen LogP contribution < -0.4 is 5.32 Å². The van der Waals surface area contributed by atoms with Crippen molar-refractivity contribution < 1.29 is 4.92 Å². The van der Waals surface area contributed by atoms with Crippen LogP contribution in [0.5, 0.6) is 0 Å². The van der Waals surface area contributed by atoms with Crippen molar-refractivity contribution in [3.63, 3.8) is 0 Å². The Morgan fingerprint density at radius 2 is 2.16 bits per heavy atom. The number of nitro groups is 1. The highest BCUT2D eigenvalue weighted by Gasteiger charge is 2.13. The third-order valence-electron chi connectivity index (χ3n) is 2.83. The zero-order valence-electron chi connectivity index (χ0n) is 10.5. The molecule has 0 amide bonds. The van der Waals surface area contributed by atoms with Crippen LogP contribution in [-0.2, 0) is 0 Å². The van der Waals surface area contributed by atoms with E-state index in [1.807, 2.05) is 0 Å². The normalized spacial score (nSPS) is 12.2. The van der Waals surface area contributed by atoms with Crippen LogP contribution >= 0.6 is 27.3 Å². The third kappa shape index (κ3) is 3.13. The molecule has 0 aliphatic heterocycles. The van der Waals surface area contributed by atoms with Crippen LogP contribution in [0.25, 0.3) is 0 Å². The summed E-state index contributed by atoms with van der Waals surface area (Å²) in [5, 5.41) is 16.1. The number of anilines is 1. The Morgan fingerprint density at radius 1 is 1.42 bits per heavy atom. The summed E-state index contributed by atoms with van der Waals surface area (Å²) in [6.45, 7) is 4.15. The number of thiophene rings is 1. The van der Waals surface area contributed by atoms with Gasteiger partial charge in [0.25, 0.3) is 5.69 Å². The summed E-state index contributed by atoms with van der Waals surface area (Å²) in [5.74, 6) is 0. The van der Waals surface area contributed by atoms with Gasteiger partial charge in [-0.2, -0.15) is 0 Å². The molecule has 1 heterocycles. The van der Waals surface area contributed by atoms with E-state index in [4.69, 9.17) is 0 Å². The molecule has 0 saturated carbocycles. The number of rotatable bonds is 4. The van der Waals surface area contributed by atoms with Crippen molar-refractivity contribution in [2.45, 2.75) is 19.9 Å². The van der Waals surface area contributed by atoms with Crippen LogP contribution in [-0.4, -0.2) is 4.92 Å². The first kappa shape index (κ1) is 14.0. The van der Waals surface area contributed by atoms with Gasteiger partial charge in [-0.1, -0.05) is 0 Å². The molecule has 2 aromatic rings. The number of hydrogen-bond donors (Lipinski definition) is 1. The molecule has 4 nitrogen and oxygen atoms in total. The Hall–Kier alpha value is -1.40. The van der Waals surface area contributed by atoms with Crippen molar-refractivity contribution in [1.29, 1.82) is 0 Å². The van der Waals surface area contributed by atoms with Gasteiger partial charge in [0.15, 0.2) is 0 Å². The molecule has 1 unspecified atom stereocenters. The second-order valence-corrected chi connectivity index (χ2v) is 6.06. The van der Waals surface area contributed by atoms with E-state index in [-0.39, 0.29) is 11.7 Å². The summed E-state index contributed by atoms with van der Waals surface area (Å²) in [6, 6.07) is 6.99. The second-order valence-electron chi connectivity index (χ2n) is 4.26. The number of aryl methyl sites for hydroxylation is 1. The monoisotopic (exact) mass is 340 g/mol. The maximum Gasteiger partial charge on any atom is 0.270 e. The van der Waals surface area contributed by atoms with E-state index in [2.05, 4.69) is 46.5 Å². The van der Waals surface area contributed by atoms with Crippen LogP contribution in [0.3, 0.4) is 0 Å². The Bertz CT molecular complexity index is 612. The van der Waals surface area contributed by atoms with Gasteiger partial charge in [-0.15, -0.1) is 11.3 Å². The zero-order chi connectivity index (χ0) is 14.0. The highest BCUT2D eigenvalue weighted by atomic mass is 79.9. The van der Waals surface area contributed by atoms with Crippen molar-refractivity contribution in [2.75, 3.05) is 5.32 Å². The summed E-state index contributed by atoms with van der Waals surface area (Å²) in [5.41, 5.74) is 2.19. The SMILES string of the molecule is Cc1ccsc1C(C)Nc1ccc([N+](=O)[O-])cc1Br. The van der Waals surface area contributed by atoms with Crippen LogP contribution in [0, 0.1) is 17.0 Å². The molecule has 6 heteroatoms. The molecule has 0 spiro atoms. The number of benzene rings is 1. The van der Waals surface area contributed by atoms with E-state index < -0.39 is 4.92 Å². The Labute approximate surface area is 123 Å². The first-order chi connectivity index (χ1) is 8.99. The number of non-ortho nitro benzene ring substituents is 1. The molecule has 0 radical (unpaired) electrons. The van der Waals surface area contributed by atoms with Crippen molar-refractivity contribution in [2.24, 2.45) is 0 Å². The number of halogens is 1. The molecule has 19 heavy (non-hydrogen) atoms. The lowest BCUT2D eigenvalue weighted by atomic mass is 10.2. The van der Waals surface area contributed by atoms with Gasteiger partial charge < -0.3 is 5.32 Å². The first-order valence-corrected chi connectivity index (χ1v) is 7.40. The molecule has 0 fully saturated rings. The maximum absolute atomic E-state index is 10.7. The predicted octanol–water partition coefficient (Wildman–Crippen LogP) is 4.90. The Morgan fingerprint density at radius 3 is 2.68 bits per heavy atom. The van der Waals surface area contributed by atoms with E-state index in [1.54, 1.807) is 17.4 Å². The van der Waals surface area contributed by atoms with Crippen molar-refractivity contribution >= 4 is 38.6 Å². The lowest BCUT2D eigenvalue weighted by Crippen LogP contribution is -2.06. The molecular formula is C13H13BrN2O2S. The van der Waals surface area contributed by atoms with Gasteiger partial charge in [-0.05, 0) is 52.9 Å². The van der Waals surface area contributed by atoms with Crippen LogP contribution in [0.4, 0.5) is 11.4 Å².